The van der Waals surface area contributed by atoms with Crippen molar-refractivity contribution in [2.45, 2.75) is 6.92 Å². The summed E-state index contributed by atoms with van der Waals surface area (Å²) in [5, 5.41) is 7.30. The normalized spacial score (nSPS) is 10.8. The molecular weight excluding hydrogens is 222 g/mol. The second kappa shape index (κ2) is 6.79. The summed E-state index contributed by atoms with van der Waals surface area (Å²) in [6.45, 7) is 2.30. The van der Waals surface area contributed by atoms with Crippen molar-refractivity contribution >= 4 is 23.0 Å². The number of benzene rings is 1. The third kappa shape index (κ3) is 4.75. The van der Waals surface area contributed by atoms with Gasteiger partial charge in [-0.2, -0.15) is 5.10 Å². The molecule has 1 aromatic carbocycles. The van der Waals surface area contributed by atoms with Crippen LogP contribution in [-0.4, -0.2) is 24.5 Å². The van der Waals surface area contributed by atoms with Gasteiger partial charge in [0.2, 0.25) is 0 Å². The fourth-order valence-electron chi connectivity index (χ4n) is 0.939. The number of rotatable bonds is 4. The van der Waals surface area contributed by atoms with Gasteiger partial charge in [-0.15, -0.1) is 0 Å². The molecule has 1 rings (SSSR count). The second-order valence-corrected chi connectivity index (χ2v) is 3.55. The molecule has 0 atom stereocenters. The number of ether oxygens (including phenoxy) is 1. The van der Waals surface area contributed by atoms with Gasteiger partial charge in [-0.25, -0.2) is 0 Å². The Morgan fingerprint density at radius 1 is 1.38 bits per heavy atom. The largest absolute Gasteiger partial charge is 0.488 e. The lowest BCUT2D eigenvalue weighted by atomic mass is 10.3. The molecule has 86 valence electrons. The molecule has 0 heterocycles. The van der Waals surface area contributed by atoms with E-state index in [9.17, 15) is 0 Å². The smallest absolute Gasteiger partial charge is 0.186 e. The molecule has 0 aliphatic carbocycles. The van der Waals surface area contributed by atoms with Gasteiger partial charge in [0, 0.05) is 7.05 Å². The monoisotopic (exact) mass is 237 g/mol. The first-order valence-electron chi connectivity index (χ1n) is 4.91. The van der Waals surface area contributed by atoms with Crippen LogP contribution in [0.3, 0.4) is 0 Å². The molecule has 0 aliphatic heterocycles. The summed E-state index contributed by atoms with van der Waals surface area (Å²) in [6, 6.07) is 9.60. The summed E-state index contributed by atoms with van der Waals surface area (Å²) < 4.78 is 5.50. The first-order valence-corrected chi connectivity index (χ1v) is 5.32. The van der Waals surface area contributed by atoms with E-state index in [1.165, 1.54) is 0 Å². The predicted molar refractivity (Wildman–Crippen MR) is 69.8 cm³/mol. The van der Waals surface area contributed by atoms with Crippen LogP contribution in [0.15, 0.2) is 35.4 Å². The van der Waals surface area contributed by atoms with Crippen LogP contribution >= 0.6 is 12.2 Å². The third-order valence-corrected chi connectivity index (χ3v) is 2.06. The Hall–Kier alpha value is -1.62. The van der Waals surface area contributed by atoms with Crippen LogP contribution in [0.1, 0.15) is 6.92 Å². The lowest BCUT2D eigenvalue weighted by Gasteiger charge is -2.06. The van der Waals surface area contributed by atoms with Crippen LogP contribution in [-0.2, 0) is 0 Å². The standard InChI is InChI=1S/C11H15N3OS/c1-9(13-14-11(16)12-2)8-15-10-6-4-3-5-7-10/h3-7H,8H2,1-2H3,(H2,12,14,16)/b13-9+. The number of thiocarbonyl (C=S) groups is 1. The van der Waals surface area contributed by atoms with Crippen molar-refractivity contribution in [2.24, 2.45) is 5.10 Å². The number of hydrogen-bond acceptors (Lipinski definition) is 3. The van der Waals surface area contributed by atoms with E-state index in [1.807, 2.05) is 37.3 Å². The van der Waals surface area contributed by atoms with Gasteiger partial charge in [0.1, 0.15) is 12.4 Å². The molecule has 1 aromatic rings. The molecule has 2 N–H and O–H groups in total. The molecule has 0 aliphatic rings. The Morgan fingerprint density at radius 2 is 2.06 bits per heavy atom. The maximum Gasteiger partial charge on any atom is 0.186 e. The highest BCUT2D eigenvalue weighted by molar-refractivity contribution is 7.80. The topological polar surface area (TPSA) is 45.7 Å². The Balaban J connectivity index is 2.35. The fraction of sp³-hybridized carbons (Fsp3) is 0.273. The zero-order valence-corrected chi connectivity index (χ0v) is 10.2. The summed E-state index contributed by atoms with van der Waals surface area (Å²) in [4.78, 5) is 0. The van der Waals surface area contributed by atoms with Crippen LogP contribution in [0, 0.1) is 0 Å². The van der Waals surface area contributed by atoms with E-state index in [2.05, 4.69) is 15.8 Å². The molecule has 0 aromatic heterocycles. The molecule has 0 bridgehead atoms. The lowest BCUT2D eigenvalue weighted by Crippen LogP contribution is -2.29. The van der Waals surface area contributed by atoms with Gasteiger partial charge in [0.15, 0.2) is 5.11 Å². The second-order valence-electron chi connectivity index (χ2n) is 3.14. The van der Waals surface area contributed by atoms with Gasteiger partial charge in [-0.3, -0.25) is 5.43 Å². The molecule has 5 heteroatoms. The van der Waals surface area contributed by atoms with E-state index >= 15 is 0 Å². The molecule has 4 nitrogen and oxygen atoms in total. The molecule has 0 unspecified atom stereocenters. The van der Waals surface area contributed by atoms with E-state index in [-0.39, 0.29) is 0 Å². The maximum atomic E-state index is 5.50. The number of nitrogens with zero attached hydrogens (tertiary/aromatic N) is 1. The molecule has 0 saturated heterocycles. The first kappa shape index (κ1) is 12.4. The molecule has 0 fully saturated rings. The number of nitrogens with one attached hydrogen (secondary N) is 2. The van der Waals surface area contributed by atoms with Crippen LogP contribution < -0.4 is 15.5 Å². The highest BCUT2D eigenvalue weighted by Gasteiger charge is 1.95. The van der Waals surface area contributed by atoms with E-state index in [0.29, 0.717) is 11.7 Å². The zero-order chi connectivity index (χ0) is 11.8. The first-order chi connectivity index (χ1) is 7.72. The Labute approximate surface area is 101 Å². The lowest BCUT2D eigenvalue weighted by molar-refractivity contribution is 0.375. The summed E-state index contributed by atoms with van der Waals surface area (Å²) in [7, 11) is 1.74. The predicted octanol–water partition coefficient (Wildman–Crippen LogP) is 1.54. The van der Waals surface area contributed by atoms with Gasteiger partial charge < -0.3 is 10.1 Å². The van der Waals surface area contributed by atoms with Crippen molar-refractivity contribution in [3.8, 4) is 5.75 Å². The van der Waals surface area contributed by atoms with Gasteiger partial charge in [-0.05, 0) is 31.3 Å². The van der Waals surface area contributed by atoms with E-state index in [4.69, 9.17) is 17.0 Å². The molecule has 0 radical (unpaired) electrons. The van der Waals surface area contributed by atoms with Crippen molar-refractivity contribution in [3.63, 3.8) is 0 Å². The number of hydrazone groups is 1. The van der Waals surface area contributed by atoms with Crippen molar-refractivity contribution in [3.05, 3.63) is 30.3 Å². The number of hydrogen-bond donors (Lipinski definition) is 2. The van der Waals surface area contributed by atoms with E-state index in [0.717, 1.165) is 11.5 Å². The maximum absolute atomic E-state index is 5.50. The SMILES string of the molecule is CNC(=S)N/N=C(\C)COc1ccccc1. The minimum Gasteiger partial charge on any atom is -0.488 e. The fourth-order valence-corrected chi connectivity index (χ4v) is 0.985. The van der Waals surface area contributed by atoms with E-state index < -0.39 is 0 Å². The van der Waals surface area contributed by atoms with E-state index in [1.54, 1.807) is 7.05 Å². The summed E-state index contributed by atoms with van der Waals surface area (Å²) >= 11 is 4.88. The number of para-hydroxylation sites is 1. The van der Waals surface area contributed by atoms with Crippen molar-refractivity contribution < 1.29 is 4.74 Å². The van der Waals surface area contributed by atoms with Gasteiger partial charge >= 0.3 is 0 Å². The molecule has 0 saturated carbocycles. The van der Waals surface area contributed by atoms with Crippen LogP contribution in [0.5, 0.6) is 5.75 Å². The highest BCUT2D eigenvalue weighted by atomic mass is 32.1. The summed E-state index contributed by atoms with van der Waals surface area (Å²) in [6.07, 6.45) is 0. The minimum atomic E-state index is 0.434. The van der Waals surface area contributed by atoms with Crippen LogP contribution in [0.2, 0.25) is 0 Å². The quantitative estimate of drug-likeness (QED) is 0.473. The Bertz CT molecular complexity index is 365. The molecular formula is C11H15N3OS. The Morgan fingerprint density at radius 3 is 2.69 bits per heavy atom. The van der Waals surface area contributed by atoms with Gasteiger partial charge in [0.05, 0.1) is 5.71 Å². The van der Waals surface area contributed by atoms with Crippen LogP contribution in [0.4, 0.5) is 0 Å². The van der Waals surface area contributed by atoms with Gasteiger partial charge in [-0.1, -0.05) is 18.2 Å². The average molecular weight is 237 g/mol. The zero-order valence-electron chi connectivity index (χ0n) is 9.36. The van der Waals surface area contributed by atoms with Crippen molar-refractivity contribution in [2.75, 3.05) is 13.7 Å². The van der Waals surface area contributed by atoms with Crippen LogP contribution in [0.25, 0.3) is 0 Å². The highest BCUT2D eigenvalue weighted by Crippen LogP contribution is 2.07. The average Bonchev–Trinajstić information content (AvgIpc) is 2.34. The molecule has 0 amide bonds. The van der Waals surface area contributed by atoms with Crippen molar-refractivity contribution in [1.82, 2.24) is 10.7 Å². The molecule has 16 heavy (non-hydrogen) atoms. The summed E-state index contributed by atoms with van der Waals surface area (Å²) in [5.74, 6) is 0.827. The van der Waals surface area contributed by atoms with Crippen molar-refractivity contribution in [1.29, 1.82) is 0 Å². The minimum absolute atomic E-state index is 0.434. The Kier molecular flexibility index (Phi) is 5.28. The third-order valence-electron chi connectivity index (χ3n) is 1.77. The summed E-state index contributed by atoms with van der Waals surface area (Å²) in [5.41, 5.74) is 3.52. The van der Waals surface area contributed by atoms with Gasteiger partial charge in [0.25, 0.3) is 0 Å². The molecule has 0 spiro atoms.